The van der Waals surface area contributed by atoms with E-state index in [0.29, 0.717) is 23.7 Å². The van der Waals surface area contributed by atoms with Gasteiger partial charge in [0.05, 0.1) is 0 Å². The van der Waals surface area contributed by atoms with Crippen molar-refractivity contribution in [1.29, 1.82) is 0 Å². The molecular formula is C15H24ClN3O. The van der Waals surface area contributed by atoms with E-state index in [9.17, 15) is 4.79 Å². The van der Waals surface area contributed by atoms with Crippen LogP contribution in [0.2, 0.25) is 0 Å². The third-order valence-corrected chi connectivity index (χ3v) is 4.02. The SMILES string of the molecule is CC(C)Cn1ccnc(N2CCCCC2CCCl)c1=O. The monoisotopic (exact) mass is 297 g/mol. The second-order valence-corrected chi connectivity index (χ2v) is 6.30. The van der Waals surface area contributed by atoms with Gasteiger partial charge in [0.1, 0.15) is 0 Å². The van der Waals surface area contributed by atoms with Gasteiger partial charge in [0.25, 0.3) is 5.56 Å². The molecule has 1 unspecified atom stereocenters. The van der Waals surface area contributed by atoms with Gasteiger partial charge >= 0.3 is 0 Å². The zero-order valence-electron chi connectivity index (χ0n) is 12.4. The minimum Gasteiger partial charge on any atom is -0.349 e. The molecule has 1 fully saturated rings. The van der Waals surface area contributed by atoms with Crippen LogP contribution in [0.4, 0.5) is 5.82 Å². The summed E-state index contributed by atoms with van der Waals surface area (Å²) < 4.78 is 1.78. The molecule has 0 spiro atoms. The van der Waals surface area contributed by atoms with E-state index in [1.807, 2.05) is 0 Å². The Morgan fingerprint density at radius 1 is 1.45 bits per heavy atom. The number of aromatic nitrogens is 2. The van der Waals surface area contributed by atoms with Gasteiger partial charge < -0.3 is 9.47 Å². The summed E-state index contributed by atoms with van der Waals surface area (Å²) in [5, 5.41) is 0. The summed E-state index contributed by atoms with van der Waals surface area (Å²) >= 11 is 5.90. The zero-order valence-corrected chi connectivity index (χ0v) is 13.1. The lowest BCUT2D eigenvalue weighted by molar-refractivity contribution is 0.442. The number of hydrogen-bond acceptors (Lipinski definition) is 3. The molecule has 5 heteroatoms. The van der Waals surface area contributed by atoms with E-state index in [1.54, 1.807) is 17.0 Å². The summed E-state index contributed by atoms with van der Waals surface area (Å²) in [6.45, 7) is 5.88. The molecule has 1 atom stereocenters. The van der Waals surface area contributed by atoms with Gasteiger partial charge in [0.15, 0.2) is 5.82 Å². The van der Waals surface area contributed by atoms with Crippen LogP contribution in [0.3, 0.4) is 0 Å². The number of hydrogen-bond donors (Lipinski definition) is 0. The van der Waals surface area contributed by atoms with Crippen LogP contribution < -0.4 is 10.5 Å². The number of piperidine rings is 1. The van der Waals surface area contributed by atoms with Crippen molar-refractivity contribution in [3.8, 4) is 0 Å². The minimum atomic E-state index is 0.0303. The summed E-state index contributed by atoms with van der Waals surface area (Å²) in [5.74, 6) is 1.68. The number of alkyl halides is 1. The fraction of sp³-hybridized carbons (Fsp3) is 0.733. The van der Waals surface area contributed by atoms with E-state index in [1.165, 1.54) is 6.42 Å². The van der Waals surface area contributed by atoms with E-state index in [2.05, 4.69) is 23.7 Å². The van der Waals surface area contributed by atoms with Gasteiger partial charge in [-0.3, -0.25) is 4.79 Å². The highest BCUT2D eigenvalue weighted by molar-refractivity contribution is 6.17. The molecule has 1 saturated heterocycles. The molecule has 0 saturated carbocycles. The smallest absolute Gasteiger partial charge is 0.293 e. The lowest BCUT2D eigenvalue weighted by Gasteiger charge is -2.36. The summed E-state index contributed by atoms with van der Waals surface area (Å²) in [6, 6.07) is 0.358. The van der Waals surface area contributed by atoms with Crippen molar-refractivity contribution in [2.45, 2.75) is 52.1 Å². The predicted octanol–water partition coefficient (Wildman–Crippen LogP) is 2.89. The molecule has 1 aromatic heterocycles. The second-order valence-electron chi connectivity index (χ2n) is 5.92. The highest BCUT2D eigenvalue weighted by atomic mass is 35.5. The maximum atomic E-state index is 12.6. The molecule has 112 valence electrons. The standard InChI is InChI=1S/C15H24ClN3O/c1-12(2)11-18-10-8-17-14(15(18)20)19-9-4-3-5-13(19)6-7-16/h8,10,12-13H,3-7,9,11H2,1-2H3. The number of halogens is 1. The average Bonchev–Trinajstić information content (AvgIpc) is 2.42. The van der Waals surface area contributed by atoms with Crippen LogP contribution in [-0.2, 0) is 6.54 Å². The normalized spacial score (nSPS) is 19.6. The lowest BCUT2D eigenvalue weighted by atomic mass is 10.00. The third kappa shape index (κ3) is 3.54. The number of rotatable bonds is 5. The van der Waals surface area contributed by atoms with Crippen molar-refractivity contribution in [2.24, 2.45) is 5.92 Å². The van der Waals surface area contributed by atoms with E-state index in [4.69, 9.17) is 11.6 Å². The summed E-state index contributed by atoms with van der Waals surface area (Å²) in [6.07, 6.45) is 7.89. The van der Waals surface area contributed by atoms with Crippen LogP contribution >= 0.6 is 11.6 Å². The fourth-order valence-electron chi connectivity index (χ4n) is 2.88. The van der Waals surface area contributed by atoms with Crippen molar-refractivity contribution >= 4 is 17.4 Å². The first-order valence-corrected chi connectivity index (χ1v) is 8.05. The van der Waals surface area contributed by atoms with E-state index in [-0.39, 0.29) is 5.56 Å². The average molecular weight is 298 g/mol. The van der Waals surface area contributed by atoms with Crippen LogP contribution in [0.1, 0.15) is 39.5 Å². The molecule has 20 heavy (non-hydrogen) atoms. The number of nitrogens with zero attached hydrogens (tertiary/aromatic N) is 3. The molecule has 2 heterocycles. The van der Waals surface area contributed by atoms with E-state index in [0.717, 1.165) is 32.4 Å². The predicted molar refractivity (Wildman–Crippen MR) is 83.7 cm³/mol. The molecule has 4 nitrogen and oxygen atoms in total. The number of anilines is 1. The molecule has 0 amide bonds. The van der Waals surface area contributed by atoms with Crippen LogP contribution in [0.25, 0.3) is 0 Å². The topological polar surface area (TPSA) is 38.1 Å². The molecule has 0 aliphatic carbocycles. The van der Waals surface area contributed by atoms with Gasteiger partial charge in [-0.2, -0.15) is 0 Å². The summed E-state index contributed by atoms with van der Waals surface area (Å²) in [4.78, 5) is 19.1. The van der Waals surface area contributed by atoms with Crippen LogP contribution in [-0.4, -0.2) is 28.0 Å². The van der Waals surface area contributed by atoms with E-state index >= 15 is 0 Å². The Hall–Kier alpha value is -1.03. The molecule has 0 N–H and O–H groups in total. The van der Waals surface area contributed by atoms with Crippen molar-refractivity contribution in [1.82, 2.24) is 9.55 Å². The Bertz CT molecular complexity index is 484. The van der Waals surface area contributed by atoms with Crippen molar-refractivity contribution < 1.29 is 0 Å². The highest BCUT2D eigenvalue weighted by Gasteiger charge is 2.25. The zero-order chi connectivity index (χ0) is 14.5. The van der Waals surface area contributed by atoms with Crippen LogP contribution in [0.5, 0.6) is 0 Å². The van der Waals surface area contributed by atoms with Gasteiger partial charge in [-0.1, -0.05) is 13.8 Å². The van der Waals surface area contributed by atoms with Crippen molar-refractivity contribution in [3.63, 3.8) is 0 Å². The molecular weight excluding hydrogens is 274 g/mol. The van der Waals surface area contributed by atoms with Crippen LogP contribution in [0.15, 0.2) is 17.2 Å². The third-order valence-electron chi connectivity index (χ3n) is 3.80. The first kappa shape index (κ1) is 15.4. The summed E-state index contributed by atoms with van der Waals surface area (Å²) in [7, 11) is 0. The first-order chi connectivity index (χ1) is 9.63. The first-order valence-electron chi connectivity index (χ1n) is 7.51. The Morgan fingerprint density at radius 2 is 2.25 bits per heavy atom. The van der Waals surface area contributed by atoms with Gasteiger partial charge in [0.2, 0.25) is 0 Å². The molecule has 0 bridgehead atoms. The second kappa shape index (κ2) is 7.11. The summed E-state index contributed by atoms with van der Waals surface area (Å²) in [5.41, 5.74) is 0.0303. The Labute approximate surface area is 125 Å². The minimum absolute atomic E-state index is 0.0303. The Balaban J connectivity index is 2.28. The van der Waals surface area contributed by atoms with Gasteiger partial charge in [0, 0.05) is 37.4 Å². The molecule has 1 aliphatic heterocycles. The molecule has 0 aromatic carbocycles. The molecule has 0 radical (unpaired) electrons. The van der Waals surface area contributed by atoms with Crippen molar-refractivity contribution in [2.75, 3.05) is 17.3 Å². The molecule has 2 rings (SSSR count). The largest absolute Gasteiger partial charge is 0.349 e. The quantitative estimate of drug-likeness (QED) is 0.784. The van der Waals surface area contributed by atoms with Crippen molar-refractivity contribution in [3.05, 3.63) is 22.7 Å². The van der Waals surface area contributed by atoms with Gasteiger partial charge in [-0.25, -0.2) is 4.98 Å². The maximum Gasteiger partial charge on any atom is 0.293 e. The highest BCUT2D eigenvalue weighted by Crippen LogP contribution is 2.23. The fourth-order valence-corrected chi connectivity index (χ4v) is 3.13. The molecule has 1 aromatic rings. The van der Waals surface area contributed by atoms with Gasteiger partial charge in [-0.05, 0) is 31.6 Å². The van der Waals surface area contributed by atoms with E-state index < -0.39 is 0 Å². The Kier molecular flexibility index (Phi) is 5.46. The van der Waals surface area contributed by atoms with Gasteiger partial charge in [-0.15, -0.1) is 11.6 Å². The Morgan fingerprint density at radius 3 is 2.95 bits per heavy atom. The molecule has 1 aliphatic rings. The lowest BCUT2D eigenvalue weighted by Crippen LogP contribution is -2.44. The van der Waals surface area contributed by atoms with Crippen LogP contribution in [0, 0.1) is 5.92 Å². The maximum absolute atomic E-state index is 12.6.